The smallest absolute Gasteiger partial charge is 0.309 e. The monoisotopic (exact) mass is 420 g/mol. The first kappa shape index (κ1) is 24.0. The summed E-state index contributed by atoms with van der Waals surface area (Å²) in [6, 6.07) is 3.72. The molecule has 1 aliphatic rings. The number of carboxylic acid groups (broad SMARTS) is 2. The standard InChI is InChI=1S/C24H36O6/c1-23(2,21(27)28)13-7-3-5-9-17-11-12-18(20(26)19(17)25)10-6-4-8-14-24(15-16-24)22(29)30/h11-12,25-26H,3-10,13-16H2,1-2H3,(H,27,28)(H,29,30). The van der Waals surface area contributed by atoms with Gasteiger partial charge in [0.05, 0.1) is 10.8 Å². The molecule has 0 aromatic heterocycles. The Labute approximate surface area is 178 Å². The third-order valence-corrected chi connectivity index (χ3v) is 6.55. The second-order valence-corrected chi connectivity index (χ2v) is 9.48. The van der Waals surface area contributed by atoms with Gasteiger partial charge in [0, 0.05) is 0 Å². The zero-order valence-electron chi connectivity index (χ0n) is 18.2. The number of phenols is 2. The molecule has 0 heterocycles. The lowest BCUT2D eigenvalue weighted by molar-refractivity contribution is -0.147. The molecule has 1 fully saturated rings. The van der Waals surface area contributed by atoms with Crippen molar-refractivity contribution in [3.63, 3.8) is 0 Å². The highest BCUT2D eigenvalue weighted by Crippen LogP contribution is 2.50. The lowest BCUT2D eigenvalue weighted by atomic mass is 9.87. The van der Waals surface area contributed by atoms with Crippen LogP contribution in [0.1, 0.15) is 89.2 Å². The molecule has 30 heavy (non-hydrogen) atoms. The van der Waals surface area contributed by atoms with E-state index >= 15 is 0 Å². The van der Waals surface area contributed by atoms with Crippen LogP contribution in [0.25, 0.3) is 0 Å². The lowest BCUT2D eigenvalue weighted by Gasteiger charge is -2.18. The zero-order valence-corrected chi connectivity index (χ0v) is 18.2. The predicted octanol–water partition coefficient (Wildman–Crippen LogP) is 5.28. The topological polar surface area (TPSA) is 115 Å². The van der Waals surface area contributed by atoms with Crippen molar-refractivity contribution in [3.8, 4) is 11.5 Å². The molecule has 0 aliphatic heterocycles. The highest BCUT2D eigenvalue weighted by Gasteiger charge is 2.49. The molecule has 0 atom stereocenters. The summed E-state index contributed by atoms with van der Waals surface area (Å²) in [6.07, 6.45) is 9.35. The first-order valence-electron chi connectivity index (χ1n) is 11.1. The van der Waals surface area contributed by atoms with Gasteiger partial charge in [0.2, 0.25) is 0 Å². The van der Waals surface area contributed by atoms with Crippen molar-refractivity contribution in [2.24, 2.45) is 10.8 Å². The van der Waals surface area contributed by atoms with Crippen LogP contribution in [0.3, 0.4) is 0 Å². The van der Waals surface area contributed by atoms with Crippen LogP contribution in [-0.2, 0) is 22.4 Å². The maximum Gasteiger partial charge on any atom is 0.309 e. The summed E-state index contributed by atoms with van der Waals surface area (Å²) >= 11 is 0. The van der Waals surface area contributed by atoms with E-state index in [9.17, 15) is 24.9 Å². The van der Waals surface area contributed by atoms with Crippen LogP contribution in [0, 0.1) is 10.8 Å². The van der Waals surface area contributed by atoms with Gasteiger partial charge in [0.25, 0.3) is 0 Å². The van der Waals surface area contributed by atoms with Crippen molar-refractivity contribution in [1.29, 1.82) is 0 Å². The second kappa shape index (κ2) is 10.2. The van der Waals surface area contributed by atoms with Crippen LogP contribution in [0.2, 0.25) is 0 Å². The summed E-state index contributed by atoms with van der Waals surface area (Å²) in [5.74, 6) is -1.56. The summed E-state index contributed by atoms with van der Waals surface area (Å²) in [5.41, 5.74) is 0.255. The number of carboxylic acids is 2. The van der Waals surface area contributed by atoms with Crippen molar-refractivity contribution < 1.29 is 30.0 Å². The zero-order chi connectivity index (χ0) is 22.4. The minimum Gasteiger partial charge on any atom is -0.504 e. The Morgan fingerprint density at radius 1 is 0.867 bits per heavy atom. The number of rotatable bonds is 14. The molecule has 1 aromatic carbocycles. The van der Waals surface area contributed by atoms with Gasteiger partial charge in [-0.2, -0.15) is 0 Å². The number of aliphatic carboxylic acids is 2. The Balaban J connectivity index is 1.71. The van der Waals surface area contributed by atoms with Crippen LogP contribution in [0.5, 0.6) is 11.5 Å². The number of hydrogen-bond acceptors (Lipinski definition) is 4. The van der Waals surface area contributed by atoms with Gasteiger partial charge in [-0.1, -0.05) is 37.8 Å². The molecule has 0 spiro atoms. The fraction of sp³-hybridized carbons (Fsp3) is 0.667. The summed E-state index contributed by atoms with van der Waals surface area (Å²) in [7, 11) is 0. The van der Waals surface area contributed by atoms with Crippen LogP contribution >= 0.6 is 0 Å². The Morgan fingerprint density at radius 2 is 1.37 bits per heavy atom. The largest absolute Gasteiger partial charge is 0.504 e. The minimum absolute atomic E-state index is 0.0521. The molecule has 6 nitrogen and oxygen atoms in total. The lowest BCUT2D eigenvalue weighted by Crippen LogP contribution is -2.23. The molecular weight excluding hydrogens is 384 g/mol. The van der Waals surface area contributed by atoms with E-state index in [1.54, 1.807) is 13.8 Å². The van der Waals surface area contributed by atoms with Crippen LogP contribution in [0.15, 0.2) is 12.1 Å². The minimum atomic E-state index is -0.783. The van der Waals surface area contributed by atoms with Gasteiger partial charge in [-0.3, -0.25) is 9.59 Å². The van der Waals surface area contributed by atoms with Crippen LogP contribution in [-0.4, -0.2) is 32.4 Å². The summed E-state index contributed by atoms with van der Waals surface area (Å²) in [4.78, 5) is 22.3. The quantitative estimate of drug-likeness (QED) is 0.240. The number of benzene rings is 1. The van der Waals surface area contributed by atoms with E-state index < -0.39 is 22.8 Å². The fourth-order valence-electron chi connectivity index (χ4n) is 3.91. The normalized spacial score (nSPS) is 15.1. The number of aromatic hydroxyl groups is 2. The Hall–Kier alpha value is -2.24. The number of phenolic OH excluding ortho intramolecular Hbond substituents is 2. The van der Waals surface area contributed by atoms with Crippen molar-refractivity contribution in [2.75, 3.05) is 0 Å². The summed E-state index contributed by atoms with van der Waals surface area (Å²) in [5, 5.41) is 39.0. The molecule has 1 aromatic rings. The molecule has 4 N–H and O–H groups in total. The van der Waals surface area contributed by atoms with E-state index in [0.717, 1.165) is 63.4 Å². The highest BCUT2D eigenvalue weighted by atomic mass is 16.4. The molecule has 0 radical (unpaired) electrons. The number of aryl methyl sites for hydroxylation is 2. The Bertz CT molecular complexity index is 697. The molecule has 1 saturated carbocycles. The number of carbonyl (C=O) groups is 2. The van der Waals surface area contributed by atoms with E-state index in [1.165, 1.54) is 0 Å². The number of unbranched alkanes of at least 4 members (excludes halogenated alkanes) is 4. The van der Waals surface area contributed by atoms with Crippen molar-refractivity contribution in [3.05, 3.63) is 23.3 Å². The van der Waals surface area contributed by atoms with Crippen LogP contribution in [0.4, 0.5) is 0 Å². The van der Waals surface area contributed by atoms with Gasteiger partial charge in [-0.15, -0.1) is 0 Å². The summed E-state index contributed by atoms with van der Waals surface area (Å²) in [6.45, 7) is 3.46. The third kappa shape index (κ3) is 6.38. The van der Waals surface area contributed by atoms with Crippen molar-refractivity contribution in [1.82, 2.24) is 0 Å². The van der Waals surface area contributed by atoms with E-state index in [2.05, 4.69) is 0 Å². The van der Waals surface area contributed by atoms with Crippen molar-refractivity contribution in [2.45, 2.75) is 90.9 Å². The second-order valence-electron chi connectivity index (χ2n) is 9.48. The molecule has 0 amide bonds. The predicted molar refractivity (Wildman–Crippen MR) is 115 cm³/mol. The van der Waals surface area contributed by atoms with Gasteiger partial charge in [0.15, 0.2) is 11.5 Å². The average molecular weight is 421 g/mol. The molecule has 2 rings (SSSR count). The van der Waals surface area contributed by atoms with E-state index in [4.69, 9.17) is 5.11 Å². The Kier molecular flexibility index (Phi) is 8.16. The first-order valence-corrected chi connectivity index (χ1v) is 11.1. The van der Waals surface area contributed by atoms with E-state index in [1.807, 2.05) is 12.1 Å². The van der Waals surface area contributed by atoms with E-state index in [-0.39, 0.29) is 11.5 Å². The highest BCUT2D eigenvalue weighted by molar-refractivity contribution is 5.77. The molecule has 6 heteroatoms. The molecule has 1 aliphatic carbocycles. The molecule has 168 valence electrons. The first-order chi connectivity index (χ1) is 14.1. The van der Waals surface area contributed by atoms with Gasteiger partial charge < -0.3 is 20.4 Å². The number of hydrogen-bond donors (Lipinski definition) is 4. The van der Waals surface area contributed by atoms with Crippen molar-refractivity contribution >= 4 is 11.9 Å². The Morgan fingerprint density at radius 3 is 1.80 bits per heavy atom. The molecule has 0 unspecified atom stereocenters. The van der Waals surface area contributed by atoms with Crippen LogP contribution < -0.4 is 0 Å². The SMILES string of the molecule is CC(C)(CCCCCc1ccc(CCCCCC2(C(=O)O)CC2)c(O)c1O)C(=O)O. The third-order valence-electron chi connectivity index (χ3n) is 6.55. The van der Waals surface area contributed by atoms with Gasteiger partial charge in [0.1, 0.15) is 0 Å². The fourth-order valence-corrected chi connectivity index (χ4v) is 3.91. The van der Waals surface area contributed by atoms with Gasteiger partial charge >= 0.3 is 11.9 Å². The maximum absolute atomic E-state index is 11.2. The average Bonchev–Trinajstić information content (AvgIpc) is 3.47. The molecular formula is C24H36O6. The van der Waals surface area contributed by atoms with Gasteiger partial charge in [-0.25, -0.2) is 0 Å². The maximum atomic E-state index is 11.2. The molecule has 0 saturated heterocycles. The van der Waals surface area contributed by atoms with E-state index in [0.29, 0.717) is 24.8 Å². The summed E-state index contributed by atoms with van der Waals surface area (Å²) < 4.78 is 0. The molecule has 0 bridgehead atoms. The van der Waals surface area contributed by atoms with Gasteiger partial charge in [-0.05, 0) is 76.3 Å².